The number of nitrogens with one attached hydrogen (secondary N) is 2. The van der Waals surface area contributed by atoms with Crippen LogP contribution in [0.25, 0.3) is 0 Å². The average Bonchev–Trinajstić information content (AvgIpc) is 2.37. The second-order valence-corrected chi connectivity index (χ2v) is 4.85. The molecule has 1 unspecified atom stereocenters. The molecule has 0 aromatic rings. The summed E-state index contributed by atoms with van der Waals surface area (Å²) in [5.74, 6) is -1.00. The fourth-order valence-electron chi connectivity index (χ4n) is 1.46. The average molecular weight is 289 g/mol. The number of carboxylic acid groups (broad SMARTS) is 1. The first-order valence-electron chi connectivity index (χ1n) is 6.97. The van der Waals surface area contributed by atoms with Gasteiger partial charge in [-0.15, -0.1) is 0 Å². The molecule has 0 rings (SSSR count). The van der Waals surface area contributed by atoms with Gasteiger partial charge in [-0.2, -0.15) is 0 Å². The number of likely N-dealkylation sites (N-methyl/N-ethyl adjacent to an activating group) is 1. The maximum absolute atomic E-state index is 11.5. The number of amides is 2. The minimum absolute atomic E-state index is 0.360. The molecule has 0 saturated heterocycles. The van der Waals surface area contributed by atoms with E-state index in [1.807, 2.05) is 25.9 Å². The zero-order valence-electron chi connectivity index (χ0n) is 12.6. The molecule has 20 heavy (non-hydrogen) atoms. The lowest BCUT2D eigenvalue weighted by molar-refractivity contribution is -0.139. The normalized spacial score (nSPS) is 12.2. The Morgan fingerprint density at radius 2 is 2.00 bits per heavy atom. The van der Waals surface area contributed by atoms with E-state index in [0.717, 1.165) is 19.4 Å². The van der Waals surface area contributed by atoms with Crippen LogP contribution >= 0.6 is 0 Å². The van der Waals surface area contributed by atoms with Gasteiger partial charge in [0, 0.05) is 13.1 Å². The Bertz CT molecular complexity index is 285. The van der Waals surface area contributed by atoms with Crippen LogP contribution in [0.2, 0.25) is 0 Å². The van der Waals surface area contributed by atoms with E-state index in [0.29, 0.717) is 26.2 Å². The second kappa shape index (κ2) is 11.5. The molecule has 3 N–H and O–H groups in total. The van der Waals surface area contributed by atoms with Crippen molar-refractivity contribution in [2.24, 2.45) is 0 Å². The summed E-state index contributed by atoms with van der Waals surface area (Å²) in [6.45, 7) is 4.17. The van der Waals surface area contributed by atoms with Crippen LogP contribution in [-0.4, -0.2) is 68.4 Å². The molecular formula is C13H27N3O4. The highest BCUT2D eigenvalue weighted by Crippen LogP contribution is 2.00. The van der Waals surface area contributed by atoms with Crippen LogP contribution in [0.15, 0.2) is 0 Å². The minimum atomic E-state index is -1.00. The molecule has 7 heteroatoms. The number of carbonyl (C=O) groups excluding carboxylic acids is 1. The van der Waals surface area contributed by atoms with Crippen molar-refractivity contribution >= 4 is 12.0 Å². The van der Waals surface area contributed by atoms with Gasteiger partial charge in [0.2, 0.25) is 0 Å². The van der Waals surface area contributed by atoms with E-state index in [1.54, 1.807) is 0 Å². The number of ether oxygens (including phenoxy) is 1. The number of aliphatic carboxylic acids is 1. The van der Waals surface area contributed by atoms with E-state index in [9.17, 15) is 9.59 Å². The molecule has 0 heterocycles. The molecule has 0 aromatic carbocycles. The van der Waals surface area contributed by atoms with Crippen molar-refractivity contribution in [3.05, 3.63) is 0 Å². The van der Waals surface area contributed by atoms with Crippen molar-refractivity contribution in [2.75, 3.05) is 40.4 Å². The Morgan fingerprint density at radius 3 is 2.55 bits per heavy atom. The van der Waals surface area contributed by atoms with Crippen molar-refractivity contribution in [1.82, 2.24) is 15.5 Å². The summed E-state index contributed by atoms with van der Waals surface area (Å²) in [5, 5.41) is 14.0. The third kappa shape index (κ3) is 10.6. The third-order valence-corrected chi connectivity index (χ3v) is 2.66. The van der Waals surface area contributed by atoms with Crippen LogP contribution in [0.5, 0.6) is 0 Å². The number of carbonyl (C=O) groups is 2. The van der Waals surface area contributed by atoms with E-state index in [1.165, 1.54) is 0 Å². The lowest BCUT2D eigenvalue weighted by Crippen LogP contribution is -2.46. The first-order chi connectivity index (χ1) is 9.47. The molecule has 1 atom stereocenters. The molecule has 0 saturated carbocycles. The Hall–Kier alpha value is -1.34. The number of unbranched alkanes of at least 4 members (excludes halogenated alkanes) is 1. The zero-order valence-corrected chi connectivity index (χ0v) is 12.6. The van der Waals surface area contributed by atoms with E-state index < -0.39 is 18.0 Å². The van der Waals surface area contributed by atoms with Crippen LogP contribution in [0, 0.1) is 0 Å². The molecule has 0 aliphatic carbocycles. The van der Waals surface area contributed by atoms with Crippen LogP contribution in [0.1, 0.15) is 26.2 Å². The van der Waals surface area contributed by atoms with Crippen molar-refractivity contribution in [3.63, 3.8) is 0 Å². The molecular weight excluding hydrogens is 262 g/mol. The number of hydrogen-bond donors (Lipinski definition) is 3. The van der Waals surface area contributed by atoms with E-state index >= 15 is 0 Å². The number of nitrogens with zero attached hydrogens (tertiary/aromatic N) is 1. The third-order valence-electron chi connectivity index (χ3n) is 2.66. The summed E-state index contributed by atoms with van der Waals surface area (Å²) in [6.07, 6.45) is 2.11. The van der Waals surface area contributed by atoms with E-state index in [2.05, 4.69) is 10.6 Å². The van der Waals surface area contributed by atoms with Crippen molar-refractivity contribution < 1.29 is 19.4 Å². The van der Waals surface area contributed by atoms with Crippen LogP contribution < -0.4 is 10.6 Å². The summed E-state index contributed by atoms with van der Waals surface area (Å²) in [5.41, 5.74) is 0. The minimum Gasteiger partial charge on any atom is -0.480 e. The number of carboxylic acids is 1. The summed E-state index contributed by atoms with van der Waals surface area (Å²) in [7, 11) is 3.91. The fraction of sp³-hybridized carbons (Fsp3) is 0.846. The first-order valence-corrected chi connectivity index (χ1v) is 6.97. The molecule has 7 nitrogen and oxygen atoms in total. The van der Waals surface area contributed by atoms with Gasteiger partial charge in [0.05, 0.1) is 13.2 Å². The summed E-state index contributed by atoms with van der Waals surface area (Å²) in [6, 6.07) is -1.30. The second-order valence-electron chi connectivity index (χ2n) is 4.85. The van der Waals surface area contributed by atoms with Gasteiger partial charge in [0.15, 0.2) is 0 Å². The highest BCUT2D eigenvalue weighted by Gasteiger charge is 2.18. The van der Waals surface area contributed by atoms with Gasteiger partial charge < -0.3 is 25.4 Å². The Kier molecular flexibility index (Phi) is 10.7. The number of rotatable bonds is 11. The molecule has 2 amide bonds. The van der Waals surface area contributed by atoms with Crippen molar-refractivity contribution in [2.45, 2.75) is 32.2 Å². The number of urea groups is 1. The maximum atomic E-state index is 11.5. The lowest BCUT2D eigenvalue weighted by Gasteiger charge is -2.15. The molecule has 0 aliphatic heterocycles. The zero-order chi connectivity index (χ0) is 15.4. The SMILES string of the molecule is CCCCC(NC(=O)NCCOCCN(C)C)C(=O)O. The molecule has 0 bridgehead atoms. The quantitative estimate of drug-likeness (QED) is 0.482. The predicted octanol–water partition coefficient (Wildman–Crippen LogP) is 0.507. The van der Waals surface area contributed by atoms with Crippen LogP contribution in [-0.2, 0) is 9.53 Å². The Labute approximate surface area is 120 Å². The lowest BCUT2D eigenvalue weighted by atomic mass is 10.1. The first kappa shape index (κ1) is 18.7. The van der Waals surface area contributed by atoms with Gasteiger partial charge in [-0.3, -0.25) is 0 Å². The van der Waals surface area contributed by atoms with Crippen LogP contribution in [0.3, 0.4) is 0 Å². The highest BCUT2D eigenvalue weighted by molar-refractivity contribution is 5.82. The fourth-order valence-corrected chi connectivity index (χ4v) is 1.46. The van der Waals surface area contributed by atoms with Crippen molar-refractivity contribution in [3.8, 4) is 0 Å². The van der Waals surface area contributed by atoms with Crippen molar-refractivity contribution in [1.29, 1.82) is 0 Å². The molecule has 0 fully saturated rings. The standard InChI is InChI=1S/C13H27N3O4/c1-4-5-6-11(12(17)18)15-13(19)14-7-9-20-10-8-16(2)3/h11H,4-10H2,1-3H3,(H,17,18)(H2,14,15,19). The number of hydrogen-bond acceptors (Lipinski definition) is 4. The van der Waals surface area contributed by atoms with Gasteiger partial charge in [0.25, 0.3) is 0 Å². The van der Waals surface area contributed by atoms with Gasteiger partial charge in [0.1, 0.15) is 6.04 Å². The largest absolute Gasteiger partial charge is 0.480 e. The molecule has 0 aromatic heterocycles. The summed E-state index contributed by atoms with van der Waals surface area (Å²) < 4.78 is 5.31. The van der Waals surface area contributed by atoms with Gasteiger partial charge in [-0.1, -0.05) is 19.8 Å². The summed E-state index contributed by atoms with van der Waals surface area (Å²) >= 11 is 0. The Balaban J connectivity index is 3.71. The predicted molar refractivity (Wildman–Crippen MR) is 76.9 cm³/mol. The van der Waals surface area contributed by atoms with Gasteiger partial charge >= 0.3 is 12.0 Å². The topological polar surface area (TPSA) is 90.9 Å². The summed E-state index contributed by atoms with van der Waals surface area (Å²) in [4.78, 5) is 24.5. The molecule has 0 spiro atoms. The Morgan fingerprint density at radius 1 is 1.30 bits per heavy atom. The molecule has 118 valence electrons. The highest BCUT2D eigenvalue weighted by atomic mass is 16.5. The van der Waals surface area contributed by atoms with E-state index in [4.69, 9.17) is 9.84 Å². The molecule has 0 aliphatic rings. The maximum Gasteiger partial charge on any atom is 0.326 e. The smallest absolute Gasteiger partial charge is 0.326 e. The van der Waals surface area contributed by atoms with E-state index in [-0.39, 0.29) is 0 Å². The monoisotopic (exact) mass is 289 g/mol. The van der Waals surface area contributed by atoms with Crippen LogP contribution in [0.4, 0.5) is 4.79 Å². The molecule has 0 radical (unpaired) electrons. The van der Waals surface area contributed by atoms with Gasteiger partial charge in [-0.25, -0.2) is 9.59 Å². The van der Waals surface area contributed by atoms with Gasteiger partial charge in [-0.05, 0) is 20.5 Å².